The van der Waals surface area contributed by atoms with Gasteiger partial charge in [-0.15, -0.1) is 0 Å². The van der Waals surface area contributed by atoms with Crippen LogP contribution in [0.15, 0.2) is 42.6 Å². The molecular formula is C15H16N2O. The lowest BCUT2D eigenvalue weighted by atomic mass is 9.94. The van der Waals surface area contributed by atoms with Crippen LogP contribution in [0, 0.1) is 6.92 Å². The molecule has 92 valence electrons. The topological polar surface area (TPSA) is 48.1 Å². The van der Waals surface area contributed by atoms with E-state index in [0.717, 1.165) is 29.0 Å². The molecule has 0 amide bonds. The fraction of sp³-hybridized carbons (Fsp3) is 0.267. The molecule has 2 aromatic rings. The van der Waals surface area contributed by atoms with E-state index in [9.17, 15) is 0 Å². The van der Waals surface area contributed by atoms with Crippen LogP contribution < -0.4 is 10.5 Å². The number of rotatable bonds is 1. The molecule has 1 aromatic carbocycles. The highest BCUT2D eigenvalue weighted by molar-refractivity contribution is 5.38. The van der Waals surface area contributed by atoms with Gasteiger partial charge in [-0.05, 0) is 19.1 Å². The molecular weight excluding hydrogens is 224 g/mol. The second kappa shape index (κ2) is 4.42. The summed E-state index contributed by atoms with van der Waals surface area (Å²) in [6.07, 6.45) is 2.67. The summed E-state index contributed by atoms with van der Waals surface area (Å²) in [7, 11) is 0. The van der Waals surface area contributed by atoms with Gasteiger partial charge in [0.15, 0.2) is 0 Å². The number of aromatic nitrogens is 1. The minimum absolute atomic E-state index is 0.00278. The van der Waals surface area contributed by atoms with Crippen molar-refractivity contribution in [1.29, 1.82) is 0 Å². The van der Waals surface area contributed by atoms with Crippen molar-refractivity contribution in [2.45, 2.75) is 25.5 Å². The highest BCUT2D eigenvalue weighted by Crippen LogP contribution is 2.39. The highest BCUT2D eigenvalue weighted by Gasteiger charge is 2.26. The first-order chi connectivity index (χ1) is 8.74. The van der Waals surface area contributed by atoms with E-state index in [-0.39, 0.29) is 12.1 Å². The van der Waals surface area contributed by atoms with E-state index < -0.39 is 0 Å². The van der Waals surface area contributed by atoms with E-state index in [1.54, 1.807) is 0 Å². The number of fused-ring (bicyclic) bond motifs is 1. The minimum atomic E-state index is 0.00278. The SMILES string of the molecule is Cc1ccc(C2CC(N)c3ccccc3O2)cn1. The van der Waals surface area contributed by atoms with Crippen LogP contribution in [0.2, 0.25) is 0 Å². The highest BCUT2D eigenvalue weighted by atomic mass is 16.5. The van der Waals surface area contributed by atoms with Crippen LogP contribution in [0.25, 0.3) is 0 Å². The predicted molar refractivity (Wildman–Crippen MR) is 70.3 cm³/mol. The summed E-state index contributed by atoms with van der Waals surface area (Å²) in [4.78, 5) is 4.31. The maximum atomic E-state index is 6.20. The standard InChI is InChI=1S/C15H16N2O/c1-10-6-7-11(9-17-10)15-8-13(16)12-4-2-3-5-14(12)18-15/h2-7,9,13,15H,8,16H2,1H3. The molecule has 0 aliphatic carbocycles. The number of benzene rings is 1. The average Bonchev–Trinajstić information content (AvgIpc) is 2.39. The fourth-order valence-electron chi connectivity index (χ4n) is 2.33. The molecule has 3 rings (SSSR count). The van der Waals surface area contributed by atoms with E-state index in [0.29, 0.717) is 0 Å². The van der Waals surface area contributed by atoms with Gasteiger partial charge in [0.25, 0.3) is 0 Å². The van der Waals surface area contributed by atoms with Crippen molar-refractivity contribution >= 4 is 0 Å². The van der Waals surface area contributed by atoms with Gasteiger partial charge in [0, 0.05) is 35.5 Å². The monoisotopic (exact) mass is 240 g/mol. The average molecular weight is 240 g/mol. The summed E-state index contributed by atoms with van der Waals surface area (Å²) < 4.78 is 6.01. The Balaban J connectivity index is 1.92. The van der Waals surface area contributed by atoms with Crippen molar-refractivity contribution in [1.82, 2.24) is 4.98 Å². The smallest absolute Gasteiger partial charge is 0.127 e. The zero-order chi connectivity index (χ0) is 12.5. The largest absolute Gasteiger partial charge is 0.485 e. The third kappa shape index (κ3) is 1.97. The van der Waals surface area contributed by atoms with Crippen molar-refractivity contribution in [3.8, 4) is 5.75 Å². The third-order valence-electron chi connectivity index (χ3n) is 3.36. The Morgan fingerprint density at radius 1 is 1.22 bits per heavy atom. The third-order valence-corrected chi connectivity index (χ3v) is 3.36. The molecule has 2 unspecified atom stereocenters. The molecule has 0 radical (unpaired) electrons. The van der Waals surface area contributed by atoms with Gasteiger partial charge < -0.3 is 10.5 Å². The number of para-hydroxylation sites is 1. The van der Waals surface area contributed by atoms with E-state index in [1.165, 1.54) is 0 Å². The first-order valence-corrected chi connectivity index (χ1v) is 6.18. The normalized spacial score (nSPS) is 22.1. The van der Waals surface area contributed by atoms with Gasteiger partial charge in [0.2, 0.25) is 0 Å². The van der Waals surface area contributed by atoms with Crippen molar-refractivity contribution in [3.05, 3.63) is 59.4 Å². The molecule has 0 bridgehead atoms. The second-order valence-electron chi connectivity index (χ2n) is 4.72. The summed E-state index contributed by atoms with van der Waals surface area (Å²) in [6, 6.07) is 12.1. The first-order valence-electron chi connectivity index (χ1n) is 6.18. The molecule has 0 saturated carbocycles. The van der Waals surface area contributed by atoms with Crippen LogP contribution in [-0.4, -0.2) is 4.98 Å². The van der Waals surface area contributed by atoms with Crippen molar-refractivity contribution in [2.24, 2.45) is 5.73 Å². The molecule has 2 N–H and O–H groups in total. The Morgan fingerprint density at radius 3 is 2.83 bits per heavy atom. The molecule has 18 heavy (non-hydrogen) atoms. The zero-order valence-corrected chi connectivity index (χ0v) is 10.3. The van der Waals surface area contributed by atoms with E-state index >= 15 is 0 Å². The van der Waals surface area contributed by atoms with E-state index in [2.05, 4.69) is 11.1 Å². The molecule has 1 aromatic heterocycles. The number of aryl methyl sites for hydroxylation is 1. The lowest BCUT2D eigenvalue weighted by molar-refractivity contribution is 0.161. The van der Waals surface area contributed by atoms with Gasteiger partial charge >= 0.3 is 0 Å². The Kier molecular flexibility index (Phi) is 2.76. The first kappa shape index (κ1) is 11.2. The molecule has 3 heteroatoms. The van der Waals surface area contributed by atoms with Crippen LogP contribution in [0.4, 0.5) is 0 Å². The van der Waals surface area contributed by atoms with Crippen LogP contribution in [0.5, 0.6) is 5.75 Å². The van der Waals surface area contributed by atoms with Gasteiger partial charge in [0.05, 0.1) is 0 Å². The number of pyridine rings is 1. The summed E-state index contributed by atoms with van der Waals surface area (Å²) in [5.41, 5.74) is 9.40. The van der Waals surface area contributed by atoms with E-state index in [4.69, 9.17) is 10.5 Å². The molecule has 0 fully saturated rings. The number of hydrogen-bond donors (Lipinski definition) is 1. The van der Waals surface area contributed by atoms with Crippen LogP contribution in [0.1, 0.15) is 35.4 Å². The lowest BCUT2D eigenvalue weighted by Gasteiger charge is -2.30. The second-order valence-corrected chi connectivity index (χ2v) is 4.72. The molecule has 2 atom stereocenters. The van der Waals surface area contributed by atoms with Gasteiger partial charge in [-0.3, -0.25) is 4.98 Å². The molecule has 3 nitrogen and oxygen atoms in total. The Labute approximate surface area is 107 Å². The lowest BCUT2D eigenvalue weighted by Crippen LogP contribution is -2.24. The molecule has 0 spiro atoms. The molecule has 0 saturated heterocycles. The molecule has 1 aliphatic heterocycles. The quantitative estimate of drug-likeness (QED) is 0.833. The summed E-state index contributed by atoms with van der Waals surface area (Å²) >= 11 is 0. The fourth-order valence-corrected chi connectivity index (χ4v) is 2.33. The summed E-state index contributed by atoms with van der Waals surface area (Å²) in [5.74, 6) is 0.891. The Morgan fingerprint density at radius 2 is 2.06 bits per heavy atom. The number of ether oxygens (including phenoxy) is 1. The summed E-state index contributed by atoms with van der Waals surface area (Å²) in [5, 5.41) is 0. The van der Waals surface area contributed by atoms with Gasteiger partial charge in [-0.2, -0.15) is 0 Å². The molecule has 2 heterocycles. The number of nitrogens with zero attached hydrogens (tertiary/aromatic N) is 1. The van der Waals surface area contributed by atoms with Crippen LogP contribution in [0.3, 0.4) is 0 Å². The van der Waals surface area contributed by atoms with Crippen molar-refractivity contribution in [3.63, 3.8) is 0 Å². The van der Waals surface area contributed by atoms with Gasteiger partial charge in [-0.25, -0.2) is 0 Å². The Hall–Kier alpha value is -1.87. The van der Waals surface area contributed by atoms with Crippen molar-refractivity contribution in [2.75, 3.05) is 0 Å². The zero-order valence-electron chi connectivity index (χ0n) is 10.3. The number of hydrogen-bond acceptors (Lipinski definition) is 3. The molecule has 1 aliphatic rings. The van der Waals surface area contributed by atoms with Crippen molar-refractivity contribution < 1.29 is 4.74 Å². The maximum absolute atomic E-state index is 6.20. The minimum Gasteiger partial charge on any atom is -0.485 e. The summed E-state index contributed by atoms with van der Waals surface area (Å²) in [6.45, 7) is 1.98. The number of nitrogens with two attached hydrogens (primary N) is 1. The van der Waals surface area contributed by atoms with Gasteiger partial charge in [-0.1, -0.05) is 24.3 Å². The van der Waals surface area contributed by atoms with Gasteiger partial charge in [0.1, 0.15) is 11.9 Å². The van der Waals surface area contributed by atoms with E-state index in [1.807, 2.05) is 43.5 Å². The maximum Gasteiger partial charge on any atom is 0.127 e. The van der Waals surface area contributed by atoms with Crippen LogP contribution in [-0.2, 0) is 0 Å². The Bertz CT molecular complexity index is 551. The van der Waals surface area contributed by atoms with Crippen LogP contribution >= 0.6 is 0 Å². The predicted octanol–water partition coefficient (Wildman–Crippen LogP) is 2.91.